The monoisotopic (exact) mass is 258 g/mol. The molecule has 4 nitrogen and oxygen atoms in total. The maximum atomic E-state index is 10.6. The lowest BCUT2D eigenvalue weighted by molar-refractivity contribution is -0.138. The SMILES string of the molecule is C[C@@](N)(CC(=O)O)c1cccc(Br)n1. The highest BCUT2D eigenvalue weighted by atomic mass is 79.9. The average Bonchev–Trinajstić information content (AvgIpc) is 2.01. The molecule has 0 aliphatic carbocycles. The third kappa shape index (κ3) is 2.78. The van der Waals surface area contributed by atoms with Crippen LogP contribution in [0, 0.1) is 0 Å². The van der Waals surface area contributed by atoms with Crippen LogP contribution in [0.1, 0.15) is 19.0 Å². The molecule has 0 bridgehead atoms. The van der Waals surface area contributed by atoms with Gasteiger partial charge in [-0.1, -0.05) is 6.07 Å². The number of aromatic nitrogens is 1. The fourth-order valence-corrected chi connectivity index (χ4v) is 1.47. The first-order valence-electron chi connectivity index (χ1n) is 4.05. The van der Waals surface area contributed by atoms with Crippen LogP contribution in [-0.2, 0) is 10.3 Å². The van der Waals surface area contributed by atoms with E-state index in [1.54, 1.807) is 25.1 Å². The van der Waals surface area contributed by atoms with E-state index in [1.165, 1.54) is 0 Å². The van der Waals surface area contributed by atoms with E-state index in [-0.39, 0.29) is 6.42 Å². The van der Waals surface area contributed by atoms with Crippen LogP contribution in [0.5, 0.6) is 0 Å². The van der Waals surface area contributed by atoms with Gasteiger partial charge < -0.3 is 10.8 Å². The summed E-state index contributed by atoms with van der Waals surface area (Å²) in [5, 5.41) is 8.66. The fourth-order valence-electron chi connectivity index (χ4n) is 1.13. The summed E-state index contributed by atoms with van der Waals surface area (Å²) in [4.78, 5) is 14.7. The first kappa shape index (κ1) is 11.1. The molecule has 0 aromatic carbocycles. The van der Waals surface area contributed by atoms with Crippen molar-refractivity contribution in [3.8, 4) is 0 Å². The summed E-state index contributed by atoms with van der Waals surface area (Å²) in [5.41, 5.74) is 5.47. The van der Waals surface area contributed by atoms with Crippen LogP contribution in [0.2, 0.25) is 0 Å². The third-order valence-corrected chi connectivity index (χ3v) is 2.26. The first-order chi connectivity index (χ1) is 6.42. The maximum Gasteiger partial charge on any atom is 0.305 e. The average molecular weight is 259 g/mol. The molecule has 0 saturated heterocycles. The van der Waals surface area contributed by atoms with E-state index in [1.807, 2.05) is 0 Å². The molecule has 0 spiro atoms. The minimum Gasteiger partial charge on any atom is -0.481 e. The largest absolute Gasteiger partial charge is 0.481 e. The number of carbonyl (C=O) groups is 1. The molecular formula is C9H11BrN2O2. The molecule has 0 saturated carbocycles. The summed E-state index contributed by atoms with van der Waals surface area (Å²) in [6, 6.07) is 5.26. The Morgan fingerprint density at radius 2 is 2.36 bits per heavy atom. The van der Waals surface area contributed by atoms with Crippen LogP contribution in [0.4, 0.5) is 0 Å². The second-order valence-corrected chi connectivity index (χ2v) is 4.15. The highest BCUT2D eigenvalue weighted by Gasteiger charge is 2.26. The van der Waals surface area contributed by atoms with Crippen LogP contribution < -0.4 is 5.73 Å². The fraction of sp³-hybridized carbons (Fsp3) is 0.333. The molecule has 1 rings (SSSR count). The van der Waals surface area contributed by atoms with Gasteiger partial charge >= 0.3 is 5.97 Å². The first-order valence-corrected chi connectivity index (χ1v) is 4.85. The molecule has 0 unspecified atom stereocenters. The molecule has 3 N–H and O–H groups in total. The Morgan fingerprint density at radius 3 is 2.86 bits per heavy atom. The van der Waals surface area contributed by atoms with Crippen molar-refractivity contribution in [3.05, 3.63) is 28.5 Å². The standard InChI is InChI=1S/C9H11BrN2O2/c1-9(11,5-8(13)14)6-3-2-4-7(10)12-6/h2-4H,5,11H2,1H3,(H,13,14)/t9-/m1/s1. The Labute approximate surface area is 90.3 Å². The number of carboxylic acid groups (broad SMARTS) is 1. The van der Waals surface area contributed by atoms with E-state index in [9.17, 15) is 4.79 Å². The minimum absolute atomic E-state index is 0.142. The van der Waals surface area contributed by atoms with Crippen LogP contribution in [-0.4, -0.2) is 16.1 Å². The van der Waals surface area contributed by atoms with E-state index >= 15 is 0 Å². The lowest BCUT2D eigenvalue weighted by atomic mass is 9.94. The molecular weight excluding hydrogens is 248 g/mol. The number of hydrogen-bond donors (Lipinski definition) is 2. The molecule has 1 atom stereocenters. The van der Waals surface area contributed by atoms with Crippen molar-refractivity contribution in [3.63, 3.8) is 0 Å². The van der Waals surface area contributed by atoms with Gasteiger partial charge in [0.15, 0.2) is 0 Å². The van der Waals surface area contributed by atoms with Crippen LogP contribution >= 0.6 is 15.9 Å². The third-order valence-electron chi connectivity index (χ3n) is 1.82. The zero-order valence-electron chi connectivity index (χ0n) is 7.70. The predicted octanol–water partition coefficient (Wildman–Crippen LogP) is 1.49. The highest BCUT2D eigenvalue weighted by Crippen LogP contribution is 2.21. The molecule has 0 fully saturated rings. The van der Waals surface area contributed by atoms with Crippen molar-refractivity contribution in [1.82, 2.24) is 4.98 Å². The van der Waals surface area contributed by atoms with E-state index < -0.39 is 11.5 Å². The van der Waals surface area contributed by atoms with E-state index in [4.69, 9.17) is 10.8 Å². The van der Waals surface area contributed by atoms with Gasteiger partial charge in [-0.15, -0.1) is 0 Å². The topological polar surface area (TPSA) is 76.2 Å². The summed E-state index contributed by atoms with van der Waals surface area (Å²) in [6.07, 6.45) is -0.142. The van der Waals surface area contributed by atoms with Crippen molar-refractivity contribution in [2.24, 2.45) is 5.73 Å². The highest BCUT2D eigenvalue weighted by molar-refractivity contribution is 9.10. The van der Waals surface area contributed by atoms with Gasteiger partial charge in [-0.25, -0.2) is 4.98 Å². The summed E-state index contributed by atoms with van der Waals surface area (Å²) >= 11 is 3.21. The second kappa shape index (κ2) is 4.06. The van der Waals surface area contributed by atoms with Gasteiger partial charge in [0.05, 0.1) is 17.7 Å². The molecule has 14 heavy (non-hydrogen) atoms. The normalized spacial score (nSPS) is 14.8. The Hall–Kier alpha value is -0.940. The van der Waals surface area contributed by atoms with Gasteiger partial charge in [0.2, 0.25) is 0 Å². The van der Waals surface area contributed by atoms with E-state index in [2.05, 4.69) is 20.9 Å². The van der Waals surface area contributed by atoms with Gasteiger partial charge in [-0.2, -0.15) is 0 Å². The molecule has 5 heteroatoms. The quantitative estimate of drug-likeness (QED) is 0.806. The number of aliphatic carboxylic acids is 1. The molecule has 0 amide bonds. The Balaban J connectivity index is 2.97. The van der Waals surface area contributed by atoms with Crippen molar-refractivity contribution in [2.75, 3.05) is 0 Å². The van der Waals surface area contributed by atoms with E-state index in [0.29, 0.717) is 10.3 Å². The zero-order chi connectivity index (χ0) is 10.8. The van der Waals surface area contributed by atoms with Crippen molar-refractivity contribution >= 4 is 21.9 Å². The summed E-state index contributed by atoms with van der Waals surface area (Å²) < 4.78 is 0.650. The minimum atomic E-state index is -0.935. The molecule has 1 heterocycles. The van der Waals surface area contributed by atoms with Gasteiger partial charge in [0, 0.05) is 0 Å². The number of halogens is 1. The Kier molecular flexibility index (Phi) is 3.23. The van der Waals surface area contributed by atoms with Crippen LogP contribution in [0.15, 0.2) is 22.8 Å². The van der Waals surface area contributed by atoms with Crippen molar-refractivity contribution in [2.45, 2.75) is 18.9 Å². The number of nitrogens with zero attached hydrogens (tertiary/aromatic N) is 1. The van der Waals surface area contributed by atoms with Crippen LogP contribution in [0.25, 0.3) is 0 Å². The maximum absolute atomic E-state index is 10.6. The lowest BCUT2D eigenvalue weighted by Crippen LogP contribution is -2.36. The number of rotatable bonds is 3. The van der Waals surface area contributed by atoms with Crippen molar-refractivity contribution in [1.29, 1.82) is 0 Å². The van der Waals surface area contributed by atoms with Crippen LogP contribution in [0.3, 0.4) is 0 Å². The molecule has 0 radical (unpaired) electrons. The molecule has 0 aliphatic rings. The predicted molar refractivity (Wildman–Crippen MR) is 55.7 cm³/mol. The number of hydrogen-bond acceptors (Lipinski definition) is 3. The second-order valence-electron chi connectivity index (χ2n) is 3.33. The summed E-state index contributed by atoms with van der Waals surface area (Å²) in [7, 11) is 0. The Bertz CT molecular complexity index is 352. The van der Waals surface area contributed by atoms with Gasteiger partial charge in [0.25, 0.3) is 0 Å². The smallest absolute Gasteiger partial charge is 0.305 e. The van der Waals surface area contributed by atoms with Crippen molar-refractivity contribution < 1.29 is 9.90 Å². The zero-order valence-corrected chi connectivity index (χ0v) is 9.28. The molecule has 76 valence electrons. The molecule has 1 aromatic rings. The lowest BCUT2D eigenvalue weighted by Gasteiger charge is -2.21. The molecule has 0 aliphatic heterocycles. The Morgan fingerprint density at radius 1 is 1.71 bits per heavy atom. The number of carboxylic acids is 1. The number of nitrogens with two attached hydrogens (primary N) is 1. The van der Waals surface area contributed by atoms with Gasteiger partial charge in [0.1, 0.15) is 4.60 Å². The molecule has 1 aromatic heterocycles. The van der Waals surface area contributed by atoms with Gasteiger partial charge in [-0.3, -0.25) is 4.79 Å². The van der Waals surface area contributed by atoms with E-state index in [0.717, 1.165) is 0 Å². The summed E-state index contributed by atoms with van der Waals surface area (Å²) in [5.74, 6) is -0.934. The number of pyridine rings is 1. The summed E-state index contributed by atoms with van der Waals surface area (Å²) in [6.45, 7) is 1.65. The van der Waals surface area contributed by atoms with Gasteiger partial charge in [-0.05, 0) is 35.0 Å².